The van der Waals surface area contributed by atoms with E-state index in [1.54, 1.807) is 31.1 Å². The van der Waals surface area contributed by atoms with E-state index in [4.69, 9.17) is 5.11 Å². The van der Waals surface area contributed by atoms with Crippen LogP contribution in [0.2, 0.25) is 0 Å². The van der Waals surface area contributed by atoms with E-state index in [9.17, 15) is 9.59 Å². The van der Waals surface area contributed by atoms with Gasteiger partial charge in [-0.05, 0) is 49.3 Å². The third kappa shape index (κ3) is 5.28. The van der Waals surface area contributed by atoms with Gasteiger partial charge in [-0.2, -0.15) is 0 Å². The lowest BCUT2D eigenvalue weighted by Gasteiger charge is -2.32. The van der Waals surface area contributed by atoms with Crippen LogP contribution < -0.4 is 10.6 Å². The van der Waals surface area contributed by atoms with E-state index in [2.05, 4.69) is 20.6 Å². The average molecular weight is 442 g/mol. The molecule has 0 radical (unpaired) electrons. The Morgan fingerprint density at radius 1 is 1.29 bits per heavy atom. The maximum absolute atomic E-state index is 12.6. The van der Waals surface area contributed by atoms with Crippen LogP contribution in [-0.4, -0.2) is 45.1 Å². The molecule has 9 heteroatoms. The molecule has 1 aromatic heterocycles. The monoisotopic (exact) mass is 441 g/mol. The quantitative estimate of drug-likeness (QED) is 0.528. The zero-order valence-electron chi connectivity index (χ0n) is 17.5. The van der Waals surface area contributed by atoms with Gasteiger partial charge >= 0.3 is 12.0 Å². The van der Waals surface area contributed by atoms with E-state index in [1.165, 1.54) is 0 Å². The number of hydrogen-bond donors (Lipinski definition) is 3. The summed E-state index contributed by atoms with van der Waals surface area (Å²) in [5.41, 5.74) is 1.99. The molecular formula is C22H27N5O3S. The lowest BCUT2D eigenvalue weighted by molar-refractivity contribution is -0.141. The van der Waals surface area contributed by atoms with Crippen molar-refractivity contribution in [2.45, 2.75) is 49.1 Å². The van der Waals surface area contributed by atoms with Crippen LogP contribution in [0.4, 0.5) is 16.3 Å². The SMILES string of the molecule is CC(CCC1CCN(C(=O)NCc2ccc3c(c2)Nc2nccnc2S3)CC1)C(=O)O. The number of aliphatic carboxylic acids is 1. The highest BCUT2D eigenvalue weighted by atomic mass is 32.2. The second-order valence-electron chi connectivity index (χ2n) is 8.17. The molecule has 2 aliphatic rings. The van der Waals surface area contributed by atoms with E-state index in [1.807, 2.05) is 23.1 Å². The number of carboxylic acid groups (broad SMARTS) is 1. The molecule has 3 heterocycles. The van der Waals surface area contributed by atoms with Crippen molar-refractivity contribution < 1.29 is 14.7 Å². The molecule has 1 unspecified atom stereocenters. The fourth-order valence-corrected chi connectivity index (χ4v) is 4.79. The van der Waals surface area contributed by atoms with Gasteiger partial charge in [-0.1, -0.05) is 24.8 Å². The molecule has 8 nitrogen and oxygen atoms in total. The van der Waals surface area contributed by atoms with Gasteiger partial charge in [0, 0.05) is 36.9 Å². The highest BCUT2D eigenvalue weighted by Crippen LogP contribution is 2.41. The van der Waals surface area contributed by atoms with Crippen molar-refractivity contribution in [2.75, 3.05) is 18.4 Å². The summed E-state index contributed by atoms with van der Waals surface area (Å²) < 4.78 is 0. The van der Waals surface area contributed by atoms with Crippen LogP contribution in [0.3, 0.4) is 0 Å². The van der Waals surface area contributed by atoms with Gasteiger partial charge in [0.15, 0.2) is 5.82 Å². The fourth-order valence-electron chi connectivity index (χ4n) is 3.91. The predicted molar refractivity (Wildman–Crippen MR) is 118 cm³/mol. The Kier molecular flexibility index (Phi) is 6.60. The van der Waals surface area contributed by atoms with Crippen LogP contribution in [-0.2, 0) is 11.3 Å². The van der Waals surface area contributed by atoms with Crippen molar-refractivity contribution in [1.82, 2.24) is 20.2 Å². The highest BCUT2D eigenvalue weighted by Gasteiger charge is 2.24. The number of amides is 2. The van der Waals surface area contributed by atoms with Crippen molar-refractivity contribution in [3.8, 4) is 0 Å². The number of piperidine rings is 1. The summed E-state index contributed by atoms with van der Waals surface area (Å²) in [6.07, 6.45) is 6.82. The maximum Gasteiger partial charge on any atom is 0.317 e. The number of nitrogens with zero attached hydrogens (tertiary/aromatic N) is 3. The smallest absolute Gasteiger partial charge is 0.317 e. The number of likely N-dealkylation sites (tertiary alicyclic amines) is 1. The van der Waals surface area contributed by atoms with E-state index in [0.29, 0.717) is 18.9 Å². The summed E-state index contributed by atoms with van der Waals surface area (Å²) in [5, 5.41) is 16.2. The van der Waals surface area contributed by atoms with Crippen LogP contribution in [0.1, 0.15) is 38.2 Å². The molecule has 1 fully saturated rings. The van der Waals surface area contributed by atoms with Gasteiger partial charge in [0.2, 0.25) is 0 Å². The molecule has 2 aliphatic heterocycles. The van der Waals surface area contributed by atoms with Gasteiger partial charge in [0.05, 0.1) is 11.6 Å². The molecule has 3 N–H and O–H groups in total. The number of carbonyl (C=O) groups excluding carboxylic acids is 1. The van der Waals surface area contributed by atoms with Crippen LogP contribution in [0, 0.1) is 11.8 Å². The molecular weight excluding hydrogens is 414 g/mol. The van der Waals surface area contributed by atoms with Crippen molar-refractivity contribution in [3.05, 3.63) is 36.2 Å². The second-order valence-corrected chi connectivity index (χ2v) is 9.20. The minimum absolute atomic E-state index is 0.0476. The van der Waals surface area contributed by atoms with Crippen molar-refractivity contribution in [3.63, 3.8) is 0 Å². The van der Waals surface area contributed by atoms with Crippen molar-refractivity contribution in [1.29, 1.82) is 0 Å². The van der Waals surface area contributed by atoms with Crippen molar-refractivity contribution in [2.24, 2.45) is 11.8 Å². The lowest BCUT2D eigenvalue weighted by atomic mass is 9.89. The number of benzene rings is 1. The van der Waals surface area contributed by atoms with E-state index >= 15 is 0 Å². The van der Waals surface area contributed by atoms with Crippen LogP contribution in [0.25, 0.3) is 0 Å². The number of carboxylic acids is 1. The van der Waals surface area contributed by atoms with Gasteiger partial charge in [-0.15, -0.1) is 0 Å². The van der Waals surface area contributed by atoms with Gasteiger partial charge in [-0.25, -0.2) is 14.8 Å². The van der Waals surface area contributed by atoms with E-state index in [-0.39, 0.29) is 11.9 Å². The summed E-state index contributed by atoms with van der Waals surface area (Å²) in [6.45, 7) is 3.65. The molecule has 1 saturated heterocycles. The Bertz CT molecular complexity index is 962. The Morgan fingerprint density at radius 2 is 2.06 bits per heavy atom. The molecule has 0 saturated carbocycles. The number of rotatable bonds is 6. The first-order chi connectivity index (χ1) is 15.0. The summed E-state index contributed by atoms with van der Waals surface area (Å²) >= 11 is 1.58. The van der Waals surface area contributed by atoms with Gasteiger partial charge in [0.1, 0.15) is 5.03 Å². The summed E-state index contributed by atoms with van der Waals surface area (Å²) in [7, 11) is 0. The van der Waals surface area contributed by atoms with Crippen LogP contribution >= 0.6 is 11.8 Å². The van der Waals surface area contributed by atoms with Gasteiger partial charge in [0.25, 0.3) is 0 Å². The van der Waals surface area contributed by atoms with Crippen LogP contribution in [0.15, 0.2) is 40.5 Å². The summed E-state index contributed by atoms with van der Waals surface area (Å²) in [6, 6.07) is 6.05. The Hall–Kier alpha value is -2.81. The first-order valence-electron chi connectivity index (χ1n) is 10.6. The lowest BCUT2D eigenvalue weighted by Crippen LogP contribution is -2.44. The zero-order chi connectivity index (χ0) is 21.8. The van der Waals surface area contributed by atoms with Gasteiger partial charge < -0.3 is 20.6 Å². The third-order valence-electron chi connectivity index (χ3n) is 5.94. The number of aromatic nitrogens is 2. The number of carbonyl (C=O) groups is 2. The maximum atomic E-state index is 12.6. The first kappa shape index (κ1) is 21.4. The largest absolute Gasteiger partial charge is 0.481 e. The molecule has 1 aromatic carbocycles. The highest BCUT2D eigenvalue weighted by molar-refractivity contribution is 7.99. The average Bonchev–Trinajstić information content (AvgIpc) is 2.79. The summed E-state index contributed by atoms with van der Waals surface area (Å²) in [5.74, 6) is 0.221. The number of fused-ring (bicyclic) bond motifs is 2. The Morgan fingerprint density at radius 3 is 2.84 bits per heavy atom. The normalized spacial score (nSPS) is 16.6. The number of hydrogen-bond acceptors (Lipinski definition) is 6. The summed E-state index contributed by atoms with van der Waals surface area (Å²) in [4.78, 5) is 35.1. The fraction of sp³-hybridized carbons (Fsp3) is 0.455. The molecule has 31 heavy (non-hydrogen) atoms. The molecule has 164 valence electrons. The van der Waals surface area contributed by atoms with Crippen molar-refractivity contribution >= 4 is 35.3 Å². The zero-order valence-corrected chi connectivity index (χ0v) is 18.3. The number of nitrogens with one attached hydrogen (secondary N) is 2. The standard InChI is InChI=1S/C22H27N5O3S/c1-14(21(28)29)2-3-15-6-10-27(11-7-15)22(30)25-13-16-4-5-18-17(12-16)26-19-20(31-18)24-9-8-23-19/h4-5,8-9,12,14-15H,2-3,6-7,10-11,13H2,1H3,(H,23,26)(H,25,30)(H,28,29). The second kappa shape index (κ2) is 9.55. The van der Waals surface area contributed by atoms with E-state index < -0.39 is 5.97 Å². The molecule has 2 aromatic rings. The van der Waals surface area contributed by atoms with E-state index in [0.717, 1.165) is 59.3 Å². The molecule has 0 bridgehead atoms. The minimum Gasteiger partial charge on any atom is -0.481 e. The number of anilines is 2. The molecule has 0 aliphatic carbocycles. The topological polar surface area (TPSA) is 107 Å². The number of urea groups is 1. The molecule has 4 rings (SSSR count). The Balaban J connectivity index is 1.24. The van der Waals surface area contributed by atoms with Crippen LogP contribution in [0.5, 0.6) is 0 Å². The molecule has 1 atom stereocenters. The minimum atomic E-state index is -0.732. The molecule has 2 amide bonds. The third-order valence-corrected chi connectivity index (χ3v) is 7.01. The Labute approximate surface area is 185 Å². The first-order valence-corrected chi connectivity index (χ1v) is 11.5. The molecule has 0 spiro atoms. The predicted octanol–water partition coefficient (Wildman–Crippen LogP) is 4.11. The van der Waals surface area contributed by atoms with Gasteiger partial charge in [-0.3, -0.25) is 4.79 Å².